The van der Waals surface area contributed by atoms with Crippen molar-refractivity contribution in [3.8, 4) is 0 Å². The average molecular weight is 353 g/mol. The molecule has 0 unspecified atom stereocenters. The van der Waals surface area contributed by atoms with E-state index in [2.05, 4.69) is 4.99 Å². The van der Waals surface area contributed by atoms with Gasteiger partial charge in [0, 0.05) is 12.1 Å². The first-order chi connectivity index (χ1) is 12.3. The highest BCUT2D eigenvalue weighted by Crippen LogP contribution is 2.26. The van der Waals surface area contributed by atoms with E-state index in [1.165, 1.54) is 6.08 Å². The molecule has 0 N–H and O–H groups in total. The number of aliphatic imine (C=N–C) groups is 1. The number of ether oxygens (including phenoxy) is 1. The molecule has 1 aliphatic rings. The molecule has 0 saturated heterocycles. The zero-order valence-electron chi connectivity index (χ0n) is 13.4. The van der Waals surface area contributed by atoms with Crippen molar-refractivity contribution in [1.29, 1.82) is 0 Å². The van der Waals surface area contributed by atoms with Crippen molar-refractivity contribution in [2.75, 3.05) is 0 Å². The zero-order chi connectivity index (χ0) is 18.8. The van der Waals surface area contributed by atoms with Crippen LogP contribution in [0.2, 0.25) is 0 Å². The van der Waals surface area contributed by atoms with Crippen molar-refractivity contribution >= 4 is 29.3 Å². The Morgan fingerprint density at radius 1 is 1.00 bits per heavy atom. The molecule has 26 heavy (non-hydrogen) atoms. The maximum Gasteiger partial charge on any atom is 0.363 e. The van der Waals surface area contributed by atoms with Crippen LogP contribution in [0.25, 0.3) is 6.08 Å². The Hall–Kier alpha value is -3.88. The van der Waals surface area contributed by atoms with Gasteiger partial charge in [-0.2, -0.15) is 0 Å². The number of esters is 1. The van der Waals surface area contributed by atoms with Crippen LogP contribution in [0.15, 0.2) is 53.2 Å². The summed E-state index contributed by atoms with van der Waals surface area (Å²) in [5.41, 5.74) is 0.754. The average Bonchev–Trinajstić information content (AvgIpc) is 2.97. The lowest BCUT2D eigenvalue weighted by molar-refractivity contribution is -0.394. The highest BCUT2D eigenvalue weighted by molar-refractivity contribution is 6.13. The van der Waals surface area contributed by atoms with E-state index in [9.17, 15) is 25.0 Å². The van der Waals surface area contributed by atoms with Crippen LogP contribution in [0.5, 0.6) is 0 Å². The largest absolute Gasteiger partial charge is 0.402 e. The Morgan fingerprint density at radius 3 is 2.12 bits per heavy atom. The predicted molar refractivity (Wildman–Crippen MR) is 91.5 cm³/mol. The molecule has 2 aromatic carbocycles. The van der Waals surface area contributed by atoms with Crippen LogP contribution < -0.4 is 0 Å². The molecule has 0 aromatic heterocycles. The van der Waals surface area contributed by atoms with Gasteiger partial charge < -0.3 is 4.74 Å². The van der Waals surface area contributed by atoms with E-state index in [1.807, 2.05) is 19.1 Å². The number of non-ortho nitro benzene ring substituents is 2. The minimum absolute atomic E-state index is 0.00184. The van der Waals surface area contributed by atoms with E-state index in [0.717, 1.165) is 29.3 Å². The minimum Gasteiger partial charge on any atom is -0.402 e. The van der Waals surface area contributed by atoms with E-state index in [4.69, 9.17) is 4.74 Å². The topological polar surface area (TPSA) is 125 Å². The zero-order valence-corrected chi connectivity index (χ0v) is 13.4. The summed E-state index contributed by atoms with van der Waals surface area (Å²) >= 11 is 0. The van der Waals surface area contributed by atoms with Crippen molar-refractivity contribution in [2.24, 2.45) is 4.99 Å². The van der Waals surface area contributed by atoms with Crippen molar-refractivity contribution in [1.82, 2.24) is 0 Å². The van der Waals surface area contributed by atoms with Crippen LogP contribution in [-0.4, -0.2) is 21.7 Å². The number of rotatable bonds is 4. The van der Waals surface area contributed by atoms with Crippen LogP contribution >= 0.6 is 0 Å². The van der Waals surface area contributed by atoms with Crippen LogP contribution in [0.3, 0.4) is 0 Å². The van der Waals surface area contributed by atoms with Gasteiger partial charge in [-0.3, -0.25) is 20.2 Å². The fourth-order valence-corrected chi connectivity index (χ4v) is 2.28. The first kappa shape index (κ1) is 17.0. The maximum atomic E-state index is 12.0. The molecule has 0 bridgehead atoms. The molecule has 0 amide bonds. The van der Waals surface area contributed by atoms with Crippen molar-refractivity contribution < 1.29 is 19.4 Å². The number of aryl methyl sites for hydroxylation is 1. The van der Waals surface area contributed by atoms with E-state index in [-0.39, 0.29) is 17.2 Å². The first-order valence-corrected chi connectivity index (χ1v) is 7.37. The van der Waals surface area contributed by atoms with Crippen molar-refractivity contribution in [2.45, 2.75) is 6.92 Å². The van der Waals surface area contributed by atoms with Crippen LogP contribution in [0, 0.1) is 27.2 Å². The van der Waals surface area contributed by atoms with Gasteiger partial charge in [0.2, 0.25) is 5.90 Å². The summed E-state index contributed by atoms with van der Waals surface area (Å²) < 4.78 is 5.02. The summed E-state index contributed by atoms with van der Waals surface area (Å²) in [6, 6.07) is 10.3. The predicted octanol–water partition coefficient (Wildman–Crippen LogP) is 3.16. The molecule has 3 rings (SSSR count). The lowest BCUT2D eigenvalue weighted by Gasteiger charge is -2.00. The van der Waals surface area contributed by atoms with Gasteiger partial charge in [0.15, 0.2) is 5.70 Å². The smallest absolute Gasteiger partial charge is 0.363 e. The van der Waals surface area contributed by atoms with Gasteiger partial charge in [-0.15, -0.1) is 0 Å². The second kappa shape index (κ2) is 6.55. The number of nitro groups is 2. The molecule has 9 nitrogen and oxygen atoms in total. The van der Waals surface area contributed by atoms with Crippen LogP contribution in [0.1, 0.15) is 16.7 Å². The number of carbonyl (C=O) groups is 1. The summed E-state index contributed by atoms with van der Waals surface area (Å²) in [7, 11) is 0. The second-order valence-corrected chi connectivity index (χ2v) is 5.50. The lowest BCUT2D eigenvalue weighted by Crippen LogP contribution is -2.06. The SMILES string of the molecule is Cc1ccc(/C=C2\N=C(c3cc([N+](=O)[O-])cc([N+](=O)[O-])c3)OC2=O)cc1. The molecule has 0 fully saturated rings. The van der Waals surface area contributed by atoms with Gasteiger partial charge in [-0.25, -0.2) is 9.79 Å². The number of nitrogens with zero attached hydrogens (tertiary/aromatic N) is 3. The summed E-state index contributed by atoms with van der Waals surface area (Å²) in [5, 5.41) is 21.9. The van der Waals surface area contributed by atoms with Gasteiger partial charge >= 0.3 is 5.97 Å². The third kappa shape index (κ3) is 3.46. The van der Waals surface area contributed by atoms with Crippen LogP contribution in [0.4, 0.5) is 11.4 Å². The molecular weight excluding hydrogens is 342 g/mol. The quantitative estimate of drug-likeness (QED) is 0.360. The molecule has 130 valence electrons. The molecule has 0 atom stereocenters. The second-order valence-electron chi connectivity index (χ2n) is 5.50. The Bertz CT molecular complexity index is 960. The highest BCUT2D eigenvalue weighted by Gasteiger charge is 2.27. The van der Waals surface area contributed by atoms with E-state index in [1.54, 1.807) is 12.1 Å². The molecule has 0 spiro atoms. The summed E-state index contributed by atoms with van der Waals surface area (Å²) in [5.74, 6) is -0.963. The van der Waals surface area contributed by atoms with Gasteiger partial charge in [-0.05, 0) is 18.6 Å². The standard InChI is InChI=1S/C17H11N3O6/c1-10-2-4-11(5-3-10)6-15-17(21)26-16(18-15)12-7-13(19(22)23)9-14(8-12)20(24)25/h2-9H,1H3/b15-6-. The number of hydrogen-bond acceptors (Lipinski definition) is 7. The van der Waals surface area contributed by atoms with Gasteiger partial charge in [-0.1, -0.05) is 29.8 Å². The van der Waals surface area contributed by atoms with E-state index < -0.39 is 27.2 Å². The Morgan fingerprint density at radius 2 is 1.58 bits per heavy atom. The van der Waals surface area contributed by atoms with Gasteiger partial charge in [0.05, 0.1) is 21.5 Å². The fourth-order valence-electron chi connectivity index (χ4n) is 2.28. The number of cyclic esters (lactones) is 1. The Balaban J connectivity index is 2.02. The molecule has 9 heteroatoms. The number of benzene rings is 2. The normalized spacial score (nSPS) is 14.9. The Labute approximate surface area is 146 Å². The first-order valence-electron chi connectivity index (χ1n) is 7.37. The monoisotopic (exact) mass is 353 g/mol. The molecule has 0 aliphatic carbocycles. The number of hydrogen-bond donors (Lipinski definition) is 0. The third-order valence-electron chi connectivity index (χ3n) is 3.57. The molecule has 0 saturated carbocycles. The number of nitro benzene ring substituents is 2. The van der Waals surface area contributed by atoms with Crippen molar-refractivity contribution in [3.63, 3.8) is 0 Å². The van der Waals surface area contributed by atoms with Gasteiger partial charge in [0.25, 0.3) is 11.4 Å². The number of carbonyl (C=O) groups excluding carboxylic acids is 1. The van der Waals surface area contributed by atoms with Gasteiger partial charge in [0.1, 0.15) is 0 Å². The van der Waals surface area contributed by atoms with E-state index >= 15 is 0 Å². The Kier molecular flexibility index (Phi) is 4.27. The molecule has 1 aliphatic heterocycles. The van der Waals surface area contributed by atoms with Crippen LogP contribution in [-0.2, 0) is 9.53 Å². The maximum absolute atomic E-state index is 12.0. The highest BCUT2D eigenvalue weighted by atomic mass is 16.6. The minimum atomic E-state index is -0.767. The van der Waals surface area contributed by atoms with Crippen molar-refractivity contribution in [3.05, 3.63) is 85.1 Å². The van der Waals surface area contributed by atoms with E-state index in [0.29, 0.717) is 0 Å². The molecule has 1 heterocycles. The summed E-state index contributed by atoms with van der Waals surface area (Å²) in [4.78, 5) is 36.4. The third-order valence-corrected chi connectivity index (χ3v) is 3.57. The fraction of sp³-hybridized carbons (Fsp3) is 0.0588. The summed E-state index contributed by atoms with van der Waals surface area (Å²) in [6.45, 7) is 1.92. The molecule has 2 aromatic rings. The molecule has 0 radical (unpaired) electrons. The summed E-state index contributed by atoms with van der Waals surface area (Å²) in [6.07, 6.45) is 1.50. The lowest BCUT2D eigenvalue weighted by atomic mass is 10.1. The molecular formula is C17H11N3O6.